The minimum atomic E-state index is -3.19. The van der Waals surface area contributed by atoms with Gasteiger partial charge in [0.25, 0.3) is 0 Å². The van der Waals surface area contributed by atoms with Crippen LogP contribution in [0.1, 0.15) is 31.6 Å². The molecular formula is C16H21N3O4S. The van der Waals surface area contributed by atoms with E-state index in [2.05, 4.69) is 10.1 Å². The predicted molar refractivity (Wildman–Crippen MR) is 89.3 cm³/mol. The molecule has 0 spiro atoms. The first-order valence-corrected chi connectivity index (χ1v) is 9.60. The van der Waals surface area contributed by atoms with Crippen LogP contribution in [0.3, 0.4) is 0 Å². The number of rotatable bonds is 5. The number of benzene rings is 1. The molecule has 0 radical (unpaired) electrons. The van der Waals surface area contributed by atoms with Gasteiger partial charge in [0.15, 0.2) is 0 Å². The molecule has 0 amide bonds. The Morgan fingerprint density at radius 1 is 1.42 bits per heavy atom. The van der Waals surface area contributed by atoms with Crippen molar-refractivity contribution in [1.82, 2.24) is 14.4 Å². The number of nitrogens with zero attached hydrogens (tertiary/aromatic N) is 3. The van der Waals surface area contributed by atoms with Crippen molar-refractivity contribution in [3.8, 4) is 17.1 Å². The van der Waals surface area contributed by atoms with Crippen LogP contribution in [0.15, 0.2) is 28.8 Å². The lowest BCUT2D eigenvalue weighted by Crippen LogP contribution is -2.39. The van der Waals surface area contributed by atoms with Gasteiger partial charge in [-0.25, -0.2) is 12.7 Å². The number of sulfonamides is 1. The van der Waals surface area contributed by atoms with Crippen molar-refractivity contribution in [2.75, 3.05) is 26.0 Å². The third-order valence-electron chi connectivity index (χ3n) is 4.26. The molecule has 24 heavy (non-hydrogen) atoms. The van der Waals surface area contributed by atoms with E-state index in [1.54, 1.807) is 14.0 Å². The minimum absolute atomic E-state index is 0.0630. The van der Waals surface area contributed by atoms with Crippen molar-refractivity contribution in [2.45, 2.75) is 25.7 Å². The van der Waals surface area contributed by atoms with Crippen molar-refractivity contribution in [2.24, 2.45) is 0 Å². The predicted octanol–water partition coefficient (Wildman–Crippen LogP) is 2.27. The zero-order valence-electron chi connectivity index (χ0n) is 13.8. The Balaban J connectivity index is 1.80. The van der Waals surface area contributed by atoms with Crippen molar-refractivity contribution in [3.63, 3.8) is 0 Å². The zero-order chi connectivity index (χ0) is 17.2. The van der Waals surface area contributed by atoms with Gasteiger partial charge in [-0.3, -0.25) is 0 Å². The standard InChI is InChI=1S/C16H21N3O4S/c1-3-24(20,21)19-9-5-7-13(11-19)16-17-15(18-23-16)12-6-4-8-14(10-12)22-2/h4,6,8,10,13H,3,5,7,9,11H2,1-2H3/t13-/m1/s1. The van der Waals surface area contributed by atoms with Crippen LogP contribution in [0.5, 0.6) is 5.75 Å². The summed E-state index contributed by atoms with van der Waals surface area (Å²) in [5.74, 6) is 1.74. The summed E-state index contributed by atoms with van der Waals surface area (Å²) in [6.45, 7) is 2.62. The number of hydrogen-bond donors (Lipinski definition) is 0. The highest BCUT2D eigenvalue weighted by atomic mass is 32.2. The molecule has 1 aliphatic heterocycles. The summed E-state index contributed by atoms with van der Waals surface area (Å²) in [5.41, 5.74) is 0.804. The average Bonchev–Trinajstić information content (AvgIpc) is 3.12. The molecule has 0 bridgehead atoms. The molecule has 7 nitrogen and oxygen atoms in total. The lowest BCUT2D eigenvalue weighted by molar-refractivity contribution is 0.266. The van der Waals surface area contributed by atoms with Gasteiger partial charge in [0.1, 0.15) is 5.75 Å². The normalized spacial score (nSPS) is 19.3. The molecule has 130 valence electrons. The molecule has 0 unspecified atom stereocenters. The molecule has 0 saturated carbocycles. The summed E-state index contributed by atoms with van der Waals surface area (Å²) in [4.78, 5) is 4.47. The first kappa shape index (κ1) is 16.9. The summed E-state index contributed by atoms with van der Waals surface area (Å²) in [7, 11) is -1.59. The van der Waals surface area contributed by atoms with E-state index in [1.807, 2.05) is 24.3 Å². The first-order chi connectivity index (χ1) is 11.5. The quantitative estimate of drug-likeness (QED) is 0.821. The van der Waals surface area contributed by atoms with Crippen molar-refractivity contribution in [3.05, 3.63) is 30.2 Å². The third kappa shape index (κ3) is 3.44. The van der Waals surface area contributed by atoms with Crippen molar-refractivity contribution >= 4 is 10.0 Å². The molecule has 1 aliphatic rings. The Morgan fingerprint density at radius 3 is 3.00 bits per heavy atom. The summed E-state index contributed by atoms with van der Waals surface area (Å²) < 4.78 is 36.3. The highest BCUT2D eigenvalue weighted by Gasteiger charge is 2.31. The Kier molecular flexibility index (Phi) is 4.86. The summed E-state index contributed by atoms with van der Waals surface area (Å²) in [6.07, 6.45) is 1.64. The van der Waals surface area contributed by atoms with Crippen LogP contribution in [0.25, 0.3) is 11.4 Å². The van der Waals surface area contributed by atoms with E-state index in [4.69, 9.17) is 9.26 Å². The first-order valence-electron chi connectivity index (χ1n) is 7.99. The third-order valence-corrected chi connectivity index (χ3v) is 6.11. The van der Waals surface area contributed by atoms with Gasteiger partial charge < -0.3 is 9.26 Å². The highest BCUT2D eigenvalue weighted by molar-refractivity contribution is 7.89. The molecule has 2 aromatic rings. The van der Waals surface area contributed by atoms with Gasteiger partial charge in [-0.05, 0) is 31.9 Å². The molecule has 1 saturated heterocycles. The number of ether oxygens (including phenoxy) is 1. The van der Waals surface area contributed by atoms with Crippen LogP contribution in [-0.2, 0) is 10.0 Å². The molecule has 1 atom stereocenters. The lowest BCUT2D eigenvalue weighted by atomic mass is 10.00. The van der Waals surface area contributed by atoms with E-state index < -0.39 is 10.0 Å². The fraction of sp³-hybridized carbons (Fsp3) is 0.500. The van der Waals surface area contributed by atoms with Gasteiger partial charge in [-0.2, -0.15) is 4.98 Å². The van der Waals surface area contributed by atoms with Crippen molar-refractivity contribution in [1.29, 1.82) is 0 Å². The summed E-state index contributed by atoms with van der Waals surface area (Å²) >= 11 is 0. The SMILES string of the molecule is CCS(=O)(=O)N1CCC[C@@H](c2nc(-c3cccc(OC)c3)no2)C1. The molecule has 0 aliphatic carbocycles. The fourth-order valence-electron chi connectivity index (χ4n) is 2.86. The minimum Gasteiger partial charge on any atom is -0.497 e. The van der Waals surface area contributed by atoms with Gasteiger partial charge in [0, 0.05) is 18.7 Å². The summed E-state index contributed by atoms with van der Waals surface area (Å²) in [6, 6.07) is 7.43. The van der Waals surface area contributed by atoms with E-state index in [-0.39, 0.29) is 11.7 Å². The van der Waals surface area contributed by atoms with Crippen LogP contribution in [-0.4, -0.2) is 48.8 Å². The maximum atomic E-state index is 12.1. The van der Waals surface area contributed by atoms with Crippen LogP contribution in [0.2, 0.25) is 0 Å². The van der Waals surface area contributed by atoms with E-state index in [9.17, 15) is 8.42 Å². The number of aromatic nitrogens is 2. The zero-order valence-corrected chi connectivity index (χ0v) is 14.6. The second-order valence-electron chi connectivity index (χ2n) is 5.79. The Labute approximate surface area is 141 Å². The second kappa shape index (κ2) is 6.90. The van der Waals surface area contributed by atoms with Crippen LogP contribution in [0.4, 0.5) is 0 Å². The smallest absolute Gasteiger partial charge is 0.231 e. The second-order valence-corrected chi connectivity index (χ2v) is 8.04. The molecule has 2 heterocycles. The molecular weight excluding hydrogens is 330 g/mol. The molecule has 1 aromatic heterocycles. The van der Waals surface area contributed by atoms with Gasteiger partial charge >= 0.3 is 0 Å². The molecule has 1 aromatic carbocycles. The van der Waals surface area contributed by atoms with Gasteiger partial charge in [0.2, 0.25) is 21.7 Å². The average molecular weight is 351 g/mol. The van der Waals surface area contributed by atoms with Crippen LogP contribution >= 0.6 is 0 Å². The fourth-order valence-corrected chi connectivity index (χ4v) is 4.04. The Bertz CT molecular complexity index is 803. The largest absolute Gasteiger partial charge is 0.497 e. The number of hydrogen-bond acceptors (Lipinski definition) is 6. The molecule has 1 fully saturated rings. The van der Waals surface area contributed by atoms with E-state index in [0.717, 1.165) is 24.2 Å². The molecule has 8 heteroatoms. The number of piperidine rings is 1. The maximum Gasteiger partial charge on any atom is 0.231 e. The van der Waals surface area contributed by atoms with E-state index >= 15 is 0 Å². The van der Waals surface area contributed by atoms with Crippen molar-refractivity contribution < 1.29 is 17.7 Å². The Hall–Kier alpha value is -1.93. The van der Waals surface area contributed by atoms with Crippen LogP contribution < -0.4 is 4.74 Å². The van der Waals surface area contributed by atoms with Gasteiger partial charge in [0.05, 0.1) is 18.8 Å². The van der Waals surface area contributed by atoms with Crippen LogP contribution in [0, 0.1) is 0 Å². The monoisotopic (exact) mass is 351 g/mol. The van der Waals surface area contributed by atoms with E-state index in [1.165, 1.54) is 4.31 Å². The highest BCUT2D eigenvalue weighted by Crippen LogP contribution is 2.29. The van der Waals surface area contributed by atoms with E-state index in [0.29, 0.717) is 24.8 Å². The maximum absolute atomic E-state index is 12.1. The number of methoxy groups -OCH3 is 1. The van der Waals surface area contributed by atoms with Gasteiger partial charge in [-0.15, -0.1) is 0 Å². The van der Waals surface area contributed by atoms with Gasteiger partial charge in [-0.1, -0.05) is 17.3 Å². The topological polar surface area (TPSA) is 85.5 Å². The lowest BCUT2D eigenvalue weighted by Gasteiger charge is -2.29. The molecule has 0 N–H and O–H groups in total. The summed E-state index contributed by atoms with van der Waals surface area (Å²) in [5, 5.41) is 4.03. The molecule has 3 rings (SSSR count). The Morgan fingerprint density at radius 2 is 2.25 bits per heavy atom.